The summed E-state index contributed by atoms with van der Waals surface area (Å²) in [6, 6.07) is 0.719. The van der Waals surface area contributed by atoms with Gasteiger partial charge in [0.05, 0.1) is 0 Å². The average Bonchev–Trinajstić information content (AvgIpc) is 2.79. The highest BCUT2D eigenvalue weighted by atomic mass is 15.1. The molecular formula is C12H26N2. The van der Waals surface area contributed by atoms with E-state index in [0.29, 0.717) is 5.41 Å². The lowest BCUT2D eigenvalue weighted by molar-refractivity contribution is 0.224. The topological polar surface area (TPSA) is 15.3 Å². The van der Waals surface area contributed by atoms with Crippen molar-refractivity contribution < 1.29 is 0 Å². The molecule has 0 spiro atoms. The van der Waals surface area contributed by atoms with E-state index >= 15 is 0 Å². The molecule has 1 aliphatic carbocycles. The first-order valence-electron chi connectivity index (χ1n) is 5.79. The minimum atomic E-state index is 0.382. The summed E-state index contributed by atoms with van der Waals surface area (Å²) >= 11 is 0. The van der Waals surface area contributed by atoms with Crippen LogP contribution in [0, 0.1) is 11.3 Å². The summed E-state index contributed by atoms with van der Waals surface area (Å²) in [4.78, 5) is 2.27. The van der Waals surface area contributed by atoms with Gasteiger partial charge in [0.15, 0.2) is 0 Å². The van der Waals surface area contributed by atoms with Gasteiger partial charge in [-0.15, -0.1) is 0 Å². The Hall–Kier alpha value is -0.0800. The fraction of sp³-hybridized carbons (Fsp3) is 1.00. The first-order chi connectivity index (χ1) is 6.41. The van der Waals surface area contributed by atoms with Crippen LogP contribution in [0.4, 0.5) is 0 Å². The summed E-state index contributed by atoms with van der Waals surface area (Å²) in [6.07, 6.45) is 2.87. The number of nitrogens with one attached hydrogen (secondary N) is 1. The first kappa shape index (κ1) is 12.0. The molecule has 0 aromatic carbocycles. The molecule has 2 heteroatoms. The van der Waals surface area contributed by atoms with Gasteiger partial charge < -0.3 is 10.2 Å². The van der Waals surface area contributed by atoms with Crippen LogP contribution in [-0.2, 0) is 0 Å². The molecule has 0 saturated heterocycles. The summed E-state index contributed by atoms with van der Waals surface area (Å²) in [5, 5.41) is 3.66. The van der Waals surface area contributed by atoms with Crippen molar-refractivity contribution in [2.75, 3.05) is 27.2 Å². The van der Waals surface area contributed by atoms with Crippen molar-refractivity contribution in [2.24, 2.45) is 11.3 Å². The van der Waals surface area contributed by atoms with Gasteiger partial charge in [-0.2, -0.15) is 0 Å². The maximum Gasteiger partial charge on any atom is 0.00672 e. The van der Waals surface area contributed by atoms with Gasteiger partial charge in [0.2, 0.25) is 0 Å². The molecule has 1 saturated carbocycles. The molecule has 0 unspecified atom stereocenters. The Morgan fingerprint density at radius 1 is 1.36 bits per heavy atom. The zero-order valence-electron chi connectivity index (χ0n) is 10.4. The maximum atomic E-state index is 3.66. The number of hydrogen-bond donors (Lipinski definition) is 1. The first-order valence-corrected chi connectivity index (χ1v) is 5.79. The third-order valence-electron chi connectivity index (χ3n) is 2.98. The quantitative estimate of drug-likeness (QED) is 0.702. The molecule has 0 bridgehead atoms. The molecule has 1 aliphatic rings. The van der Waals surface area contributed by atoms with E-state index < -0.39 is 0 Å². The van der Waals surface area contributed by atoms with Gasteiger partial charge in [-0.05, 0) is 45.2 Å². The lowest BCUT2D eigenvalue weighted by Gasteiger charge is -2.30. The van der Waals surface area contributed by atoms with Crippen LogP contribution >= 0.6 is 0 Å². The van der Waals surface area contributed by atoms with Crippen LogP contribution in [0.3, 0.4) is 0 Å². The van der Waals surface area contributed by atoms with Gasteiger partial charge in [0.1, 0.15) is 0 Å². The Kier molecular flexibility index (Phi) is 3.96. The van der Waals surface area contributed by atoms with Gasteiger partial charge in [-0.1, -0.05) is 13.8 Å². The van der Waals surface area contributed by atoms with Crippen LogP contribution in [-0.4, -0.2) is 38.1 Å². The molecule has 1 rings (SSSR count). The highest BCUT2D eigenvalue weighted by Gasteiger charge is 2.29. The Balaban J connectivity index is 2.20. The predicted octanol–water partition coefficient (Wildman–Crippen LogP) is 1.96. The lowest BCUT2D eigenvalue weighted by Crippen LogP contribution is -2.41. The van der Waals surface area contributed by atoms with E-state index in [-0.39, 0.29) is 0 Å². The lowest BCUT2D eigenvalue weighted by atomic mass is 9.92. The van der Waals surface area contributed by atoms with E-state index in [1.165, 1.54) is 12.8 Å². The van der Waals surface area contributed by atoms with Crippen LogP contribution < -0.4 is 5.32 Å². The average molecular weight is 198 g/mol. The molecule has 0 radical (unpaired) electrons. The van der Waals surface area contributed by atoms with E-state index in [4.69, 9.17) is 0 Å². The highest BCUT2D eigenvalue weighted by molar-refractivity contribution is 4.85. The van der Waals surface area contributed by atoms with Crippen LogP contribution in [0.15, 0.2) is 0 Å². The van der Waals surface area contributed by atoms with Gasteiger partial charge in [-0.3, -0.25) is 0 Å². The largest absolute Gasteiger partial charge is 0.313 e. The summed E-state index contributed by atoms with van der Waals surface area (Å²) < 4.78 is 0. The molecule has 0 amide bonds. The zero-order chi connectivity index (χ0) is 10.8. The smallest absolute Gasteiger partial charge is 0.00672 e. The molecule has 0 heterocycles. The molecule has 1 N–H and O–H groups in total. The van der Waals surface area contributed by atoms with Gasteiger partial charge in [-0.25, -0.2) is 0 Å². The van der Waals surface area contributed by atoms with Crippen molar-refractivity contribution in [3.05, 3.63) is 0 Å². The number of rotatable bonds is 6. The summed E-state index contributed by atoms with van der Waals surface area (Å²) in [6.45, 7) is 9.27. The van der Waals surface area contributed by atoms with Crippen LogP contribution in [0.5, 0.6) is 0 Å². The highest BCUT2D eigenvalue weighted by Crippen LogP contribution is 2.32. The Morgan fingerprint density at radius 3 is 2.36 bits per heavy atom. The van der Waals surface area contributed by atoms with Crippen LogP contribution in [0.2, 0.25) is 0 Å². The molecular weight excluding hydrogens is 172 g/mol. The summed E-state index contributed by atoms with van der Waals surface area (Å²) in [5.74, 6) is 0.963. The van der Waals surface area contributed by atoms with Crippen molar-refractivity contribution in [1.29, 1.82) is 0 Å². The van der Waals surface area contributed by atoms with Gasteiger partial charge in [0.25, 0.3) is 0 Å². The van der Waals surface area contributed by atoms with E-state index in [1.807, 2.05) is 0 Å². The Labute approximate surface area is 89.1 Å². The third kappa shape index (κ3) is 4.43. The van der Waals surface area contributed by atoms with E-state index in [1.54, 1.807) is 0 Å². The molecule has 0 aliphatic heterocycles. The molecule has 1 fully saturated rings. The fourth-order valence-corrected chi connectivity index (χ4v) is 2.11. The Morgan fingerprint density at radius 2 is 1.93 bits per heavy atom. The van der Waals surface area contributed by atoms with Crippen molar-refractivity contribution in [2.45, 2.75) is 39.7 Å². The standard InChI is InChI=1S/C12H26N2/c1-10(11-6-7-11)13-8-12(2,3)9-14(4)5/h10-11,13H,6-9H2,1-5H3/t10-/m0/s1. The second kappa shape index (κ2) is 4.63. The van der Waals surface area contributed by atoms with Crippen molar-refractivity contribution in [3.63, 3.8) is 0 Å². The zero-order valence-corrected chi connectivity index (χ0v) is 10.4. The second-order valence-corrected chi connectivity index (χ2v) is 5.91. The van der Waals surface area contributed by atoms with Crippen LogP contribution in [0.25, 0.3) is 0 Å². The van der Waals surface area contributed by atoms with Crippen molar-refractivity contribution in [1.82, 2.24) is 10.2 Å². The predicted molar refractivity (Wildman–Crippen MR) is 62.5 cm³/mol. The van der Waals surface area contributed by atoms with Crippen molar-refractivity contribution in [3.8, 4) is 0 Å². The normalized spacial score (nSPS) is 20.1. The molecule has 2 nitrogen and oxygen atoms in total. The number of hydrogen-bond acceptors (Lipinski definition) is 2. The summed E-state index contributed by atoms with van der Waals surface area (Å²) in [7, 11) is 4.29. The molecule has 84 valence electrons. The molecule has 0 aromatic heterocycles. The third-order valence-corrected chi connectivity index (χ3v) is 2.98. The fourth-order valence-electron chi connectivity index (χ4n) is 2.11. The van der Waals surface area contributed by atoms with Crippen LogP contribution in [0.1, 0.15) is 33.6 Å². The van der Waals surface area contributed by atoms with E-state index in [9.17, 15) is 0 Å². The number of nitrogens with zero attached hydrogens (tertiary/aromatic N) is 1. The minimum absolute atomic E-state index is 0.382. The van der Waals surface area contributed by atoms with E-state index in [2.05, 4.69) is 45.1 Å². The maximum absolute atomic E-state index is 3.66. The van der Waals surface area contributed by atoms with Crippen molar-refractivity contribution >= 4 is 0 Å². The molecule has 14 heavy (non-hydrogen) atoms. The SMILES string of the molecule is C[C@H](NCC(C)(C)CN(C)C)C1CC1. The monoisotopic (exact) mass is 198 g/mol. The molecule has 0 aromatic rings. The second-order valence-electron chi connectivity index (χ2n) is 5.91. The molecule has 1 atom stereocenters. The Bertz CT molecular complexity index is 171. The van der Waals surface area contributed by atoms with E-state index in [0.717, 1.165) is 25.0 Å². The van der Waals surface area contributed by atoms with Gasteiger partial charge in [0, 0.05) is 19.1 Å². The summed E-state index contributed by atoms with van der Waals surface area (Å²) in [5.41, 5.74) is 0.382. The van der Waals surface area contributed by atoms with Gasteiger partial charge >= 0.3 is 0 Å². The minimum Gasteiger partial charge on any atom is -0.313 e.